The quantitative estimate of drug-likeness (QED) is 0.541. The first kappa shape index (κ1) is 10.2. The van der Waals surface area contributed by atoms with Crippen molar-refractivity contribution in [2.75, 3.05) is 0 Å². The first-order valence-electron chi connectivity index (χ1n) is 7.34. The van der Waals surface area contributed by atoms with Crippen LogP contribution in [0.3, 0.4) is 0 Å². The summed E-state index contributed by atoms with van der Waals surface area (Å²) in [7, 11) is 0. The minimum Gasteiger partial charge on any atom is -0.0625 e. The maximum absolute atomic E-state index is 2.48. The van der Waals surface area contributed by atoms with Crippen molar-refractivity contribution >= 4 is 0 Å². The fraction of sp³-hybridized carbons (Fsp3) is 1.00. The second kappa shape index (κ2) is 4.11. The van der Waals surface area contributed by atoms with Crippen LogP contribution >= 0.6 is 0 Å². The van der Waals surface area contributed by atoms with Crippen LogP contribution in [0.1, 0.15) is 64.7 Å². The third-order valence-electron chi connectivity index (χ3n) is 5.73. The van der Waals surface area contributed by atoms with E-state index in [1.165, 1.54) is 12.8 Å². The minimum absolute atomic E-state index is 1.03. The van der Waals surface area contributed by atoms with Crippen LogP contribution in [0.25, 0.3) is 0 Å². The van der Waals surface area contributed by atoms with Crippen molar-refractivity contribution in [1.29, 1.82) is 0 Å². The monoisotopic (exact) mass is 206 g/mol. The van der Waals surface area contributed by atoms with Crippen LogP contribution in [0.5, 0.6) is 0 Å². The van der Waals surface area contributed by atoms with E-state index in [-0.39, 0.29) is 0 Å². The first-order chi connectivity index (χ1) is 7.34. The zero-order valence-electron chi connectivity index (χ0n) is 10.3. The van der Waals surface area contributed by atoms with Crippen molar-refractivity contribution in [3.05, 3.63) is 0 Å². The molecule has 4 unspecified atom stereocenters. The highest BCUT2D eigenvalue weighted by Crippen LogP contribution is 2.52. The number of rotatable bonds is 0. The predicted molar refractivity (Wildman–Crippen MR) is 64.7 cm³/mol. The third kappa shape index (κ3) is 1.85. The minimum atomic E-state index is 1.03. The van der Waals surface area contributed by atoms with Crippen LogP contribution in [0.15, 0.2) is 0 Å². The molecule has 86 valence electrons. The van der Waals surface area contributed by atoms with Crippen LogP contribution in [-0.2, 0) is 0 Å². The number of fused-ring (bicyclic) bond motifs is 3. The van der Waals surface area contributed by atoms with E-state index in [0.29, 0.717) is 0 Å². The van der Waals surface area contributed by atoms with Crippen molar-refractivity contribution in [2.45, 2.75) is 64.7 Å². The van der Waals surface area contributed by atoms with E-state index in [2.05, 4.69) is 6.92 Å². The average molecular weight is 206 g/mol. The van der Waals surface area contributed by atoms with Gasteiger partial charge < -0.3 is 0 Å². The largest absolute Gasteiger partial charge is 0.0625 e. The molecule has 0 heteroatoms. The van der Waals surface area contributed by atoms with Crippen molar-refractivity contribution < 1.29 is 0 Å². The van der Waals surface area contributed by atoms with Gasteiger partial charge in [0.15, 0.2) is 0 Å². The summed E-state index contributed by atoms with van der Waals surface area (Å²) in [6, 6.07) is 0. The van der Waals surface area contributed by atoms with E-state index in [1.54, 1.807) is 44.9 Å². The summed E-state index contributed by atoms with van der Waals surface area (Å²) >= 11 is 0. The molecule has 0 aliphatic heterocycles. The van der Waals surface area contributed by atoms with E-state index in [9.17, 15) is 0 Å². The van der Waals surface area contributed by atoms with Gasteiger partial charge in [0.25, 0.3) is 0 Å². The summed E-state index contributed by atoms with van der Waals surface area (Å²) in [5.74, 6) is 5.62. The van der Waals surface area contributed by atoms with E-state index in [1.807, 2.05) is 0 Å². The second-order valence-corrected chi connectivity index (χ2v) is 6.63. The molecule has 0 nitrogen and oxygen atoms in total. The first-order valence-corrected chi connectivity index (χ1v) is 7.34. The molecule has 3 saturated carbocycles. The highest BCUT2D eigenvalue weighted by atomic mass is 14.5. The highest BCUT2D eigenvalue weighted by Gasteiger charge is 2.41. The number of hydrogen-bond donors (Lipinski definition) is 0. The fourth-order valence-corrected chi connectivity index (χ4v) is 5.00. The van der Waals surface area contributed by atoms with Crippen LogP contribution in [0.4, 0.5) is 0 Å². The lowest BCUT2D eigenvalue weighted by molar-refractivity contribution is 0.0144. The predicted octanol–water partition coefficient (Wildman–Crippen LogP) is 4.64. The topological polar surface area (TPSA) is 0 Å². The third-order valence-corrected chi connectivity index (χ3v) is 5.73. The lowest BCUT2D eigenvalue weighted by Gasteiger charge is -2.49. The van der Waals surface area contributed by atoms with Crippen molar-refractivity contribution in [1.82, 2.24) is 0 Å². The number of hydrogen-bond acceptors (Lipinski definition) is 0. The zero-order valence-corrected chi connectivity index (χ0v) is 10.3. The lowest BCUT2D eigenvalue weighted by atomic mass is 9.57. The van der Waals surface area contributed by atoms with Crippen LogP contribution in [-0.4, -0.2) is 0 Å². The standard InChI is InChI=1S/C15H26/c1-11-6-9-15-13(10-11)8-7-12-4-2-3-5-14(12)15/h11-15H,2-10H2,1H3/t11-,12?,13?,14?,15?/m0/s1. The molecule has 0 N–H and O–H groups in total. The van der Waals surface area contributed by atoms with E-state index < -0.39 is 0 Å². The molecular formula is C15H26. The van der Waals surface area contributed by atoms with Gasteiger partial charge in [-0.25, -0.2) is 0 Å². The normalized spacial score (nSPS) is 50.6. The van der Waals surface area contributed by atoms with Gasteiger partial charge in [-0.15, -0.1) is 0 Å². The van der Waals surface area contributed by atoms with E-state index in [4.69, 9.17) is 0 Å². The molecular weight excluding hydrogens is 180 g/mol. The molecule has 5 atom stereocenters. The SMILES string of the molecule is C[C@H]1CCC2C(CCC3CCCCC32)C1. The van der Waals surface area contributed by atoms with E-state index in [0.717, 1.165) is 29.6 Å². The smallest absolute Gasteiger partial charge is 0.0355 e. The Labute approximate surface area is 94.8 Å². The molecule has 0 heterocycles. The molecule has 0 aromatic rings. The summed E-state index contributed by atoms with van der Waals surface area (Å²) in [6.07, 6.45) is 14.1. The van der Waals surface area contributed by atoms with Crippen molar-refractivity contribution in [2.24, 2.45) is 29.6 Å². The van der Waals surface area contributed by atoms with Gasteiger partial charge in [-0.2, -0.15) is 0 Å². The Morgan fingerprint density at radius 1 is 0.667 bits per heavy atom. The summed E-state index contributed by atoms with van der Waals surface area (Å²) < 4.78 is 0. The molecule has 0 bridgehead atoms. The van der Waals surface area contributed by atoms with Gasteiger partial charge in [0.1, 0.15) is 0 Å². The molecule has 3 rings (SSSR count). The van der Waals surface area contributed by atoms with Gasteiger partial charge in [0.2, 0.25) is 0 Å². The Balaban J connectivity index is 1.72. The Morgan fingerprint density at radius 2 is 1.40 bits per heavy atom. The summed E-state index contributed by atoms with van der Waals surface area (Å²) in [5, 5.41) is 0. The Kier molecular flexibility index (Phi) is 2.79. The summed E-state index contributed by atoms with van der Waals surface area (Å²) in [5.41, 5.74) is 0. The van der Waals surface area contributed by atoms with Gasteiger partial charge in [-0.1, -0.05) is 32.6 Å². The van der Waals surface area contributed by atoms with Gasteiger partial charge in [0.05, 0.1) is 0 Å². The Morgan fingerprint density at radius 3 is 2.33 bits per heavy atom. The Bertz CT molecular complexity index is 220. The fourth-order valence-electron chi connectivity index (χ4n) is 5.00. The molecule has 0 spiro atoms. The molecule has 3 aliphatic rings. The zero-order chi connectivity index (χ0) is 10.3. The molecule has 3 fully saturated rings. The van der Waals surface area contributed by atoms with Crippen LogP contribution < -0.4 is 0 Å². The molecule has 0 amide bonds. The van der Waals surface area contributed by atoms with Crippen LogP contribution in [0.2, 0.25) is 0 Å². The van der Waals surface area contributed by atoms with Gasteiger partial charge in [-0.05, 0) is 61.7 Å². The summed E-state index contributed by atoms with van der Waals surface area (Å²) in [6.45, 7) is 2.48. The highest BCUT2D eigenvalue weighted by molar-refractivity contribution is 4.92. The lowest BCUT2D eigenvalue weighted by Crippen LogP contribution is -2.39. The average Bonchev–Trinajstić information content (AvgIpc) is 2.28. The second-order valence-electron chi connectivity index (χ2n) is 6.63. The maximum atomic E-state index is 2.48. The van der Waals surface area contributed by atoms with Crippen molar-refractivity contribution in [3.8, 4) is 0 Å². The molecule has 0 aromatic carbocycles. The molecule has 15 heavy (non-hydrogen) atoms. The maximum Gasteiger partial charge on any atom is -0.0355 e. The van der Waals surface area contributed by atoms with Gasteiger partial charge >= 0.3 is 0 Å². The van der Waals surface area contributed by atoms with E-state index >= 15 is 0 Å². The summed E-state index contributed by atoms with van der Waals surface area (Å²) in [4.78, 5) is 0. The van der Waals surface area contributed by atoms with Gasteiger partial charge in [-0.3, -0.25) is 0 Å². The molecule has 0 radical (unpaired) electrons. The van der Waals surface area contributed by atoms with Gasteiger partial charge in [0, 0.05) is 0 Å². The Hall–Kier alpha value is 0. The molecule has 0 aromatic heterocycles. The van der Waals surface area contributed by atoms with Crippen molar-refractivity contribution in [3.63, 3.8) is 0 Å². The van der Waals surface area contributed by atoms with Crippen LogP contribution in [0, 0.1) is 29.6 Å². The molecule has 0 saturated heterocycles. The molecule has 3 aliphatic carbocycles.